The summed E-state index contributed by atoms with van der Waals surface area (Å²) in [7, 11) is 3.33. The highest BCUT2D eigenvalue weighted by Gasteiger charge is 2.45. The molecule has 0 spiro atoms. The molecule has 72 heavy (non-hydrogen) atoms. The van der Waals surface area contributed by atoms with E-state index in [2.05, 4.69) is 25.2 Å². The van der Waals surface area contributed by atoms with Crippen LogP contribution in [-0.2, 0) is 54.0 Å². The van der Waals surface area contributed by atoms with E-state index in [0.717, 1.165) is 28.9 Å². The maximum atomic E-state index is 10.7. The van der Waals surface area contributed by atoms with Crippen molar-refractivity contribution in [1.29, 1.82) is 0 Å². The second-order valence-corrected chi connectivity index (χ2v) is 21.8. The fourth-order valence-electron chi connectivity index (χ4n) is 10.5. The number of aliphatic hydroxyl groups is 1. The molecule has 13 nitrogen and oxygen atoms in total. The van der Waals surface area contributed by atoms with Crippen LogP contribution in [0.15, 0.2) is 97.1 Å². The van der Waals surface area contributed by atoms with Gasteiger partial charge in [-0.25, -0.2) is 0 Å². The summed E-state index contributed by atoms with van der Waals surface area (Å²) in [4.78, 5) is 10.6. The highest BCUT2D eigenvalue weighted by Crippen LogP contribution is 2.41. The molecule has 4 aliphatic rings. The molecule has 2 aromatic carbocycles. The van der Waals surface area contributed by atoms with Crippen molar-refractivity contribution in [1.82, 2.24) is 0 Å². The SMILES string of the molecule is COc1ccc(CO[C@H](C[C@@H]2C[C@H](C[C@H]3OC(C)(C)O[C@@H](C/C=C/C=C/C=C/C=O)[C@@H]3C)O[C@H](c3ccc(OC)cc3)O2)C[C@H]2C[C@H](C[C@@H]3C[C@H](/C=C/[C@H](C)[C@@H](O)C(C)C)OC(C)(C)O3)OC(C)(C)O2)cc1. The van der Waals surface area contributed by atoms with Gasteiger partial charge in [-0.15, -0.1) is 0 Å². The number of rotatable bonds is 23. The van der Waals surface area contributed by atoms with Crippen molar-refractivity contribution < 1.29 is 62.0 Å². The number of carbonyl (C=O) groups is 1. The summed E-state index contributed by atoms with van der Waals surface area (Å²) in [5.41, 5.74) is 1.94. The van der Waals surface area contributed by atoms with E-state index in [-0.39, 0.29) is 72.7 Å². The highest BCUT2D eigenvalue weighted by atomic mass is 16.7. The predicted molar refractivity (Wildman–Crippen MR) is 277 cm³/mol. The first-order chi connectivity index (χ1) is 34.2. The summed E-state index contributed by atoms with van der Waals surface area (Å²) in [6.07, 6.45) is 18.6. The zero-order valence-electron chi connectivity index (χ0n) is 45.1. The van der Waals surface area contributed by atoms with Crippen LogP contribution in [-0.4, -0.2) is 104 Å². The Hall–Kier alpha value is -3.73. The second-order valence-electron chi connectivity index (χ2n) is 21.8. The van der Waals surface area contributed by atoms with Crippen LogP contribution in [0.1, 0.15) is 138 Å². The quantitative estimate of drug-likeness (QED) is 0.0489. The molecule has 4 fully saturated rings. The van der Waals surface area contributed by atoms with Crippen LogP contribution in [0.25, 0.3) is 0 Å². The minimum absolute atomic E-state index is 0.000636. The Balaban J connectivity index is 1.20. The first kappa shape index (κ1) is 57.5. The van der Waals surface area contributed by atoms with Crippen molar-refractivity contribution in [2.24, 2.45) is 17.8 Å². The van der Waals surface area contributed by atoms with Crippen LogP contribution in [0.2, 0.25) is 0 Å². The van der Waals surface area contributed by atoms with Crippen LogP contribution >= 0.6 is 0 Å². The molecule has 0 bridgehead atoms. The Morgan fingerprint density at radius 2 is 1.21 bits per heavy atom. The third kappa shape index (κ3) is 18.0. The zero-order valence-corrected chi connectivity index (χ0v) is 45.1. The number of aldehydes is 1. The van der Waals surface area contributed by atoms with Crippen molar-refractivity contribution in [3.05, 3.63) is 108 Å². The van der Waals surface area contributed by atoms with Crippen molar-refractivity contribution in [2.45, 2.75) is 212 Å². The molecule has 0 amide bonds. The fraction of sp³-hybridized carbons (Fsp3) is 0.644. The van der Waals surface area contributed by atoms with E-state index >= 15 is 0 Å². The average Bonchev–Trinajstić information content (AvgIpc) is 3.32. The first-order valence-electron chi connectivity index (χ1n) is 26.3. The Labute approximate surface area is 430 Å². The van der Waals surface area contributed by atoms with Gasteiger partial charge in [0.05, 0.1) is 81.9 Å². The fourth-order valence-corrected chi connectivity index (χ4v) is 10.5. The van der Waals surface area contributed by atoms with E-state index in [9.17, 15) is 9.90 Å². The molecular weight excluding hydrogens is 917 g/mol. The molecule has 4 saturated heterocycles. The molecule has 2 aromatic rings. The minimum Gasteiger partial charge on any atom is -0.497 e. The van der Waals surface area contributed by atoms with E-state index < -0.39 is 29.8 Å². The van der Waals surface area contributed by atoms with Crippen molar-refractivity contribution in [2.75, 3.05) is 14.2 Å². The van der Waals surface area contributed by atoms with Crippen LogP contribution in [0.3, 0.4) is 0 Å². The second kappa shape index (κ2) is 26.7. The zero-order chi connectivity index (χ0) is 52.1. The monoisotopic (exact) mass is 1000 g/mol. The van der Waals surface area contributed by atoms with Crippen LogP contribution in [0.4, 0.5) is 0 Å². The number of hydrogen-bond donors (Lipinski definition) is 1. The van der Waals surface area contributed by atoms with Gasteiger partial charge < -0.3 is 57.2 Å². The number of carbonyl (C=O) groups excluding carboxylic acids is 1. The molecule has 4 heterocycles. The van der Waals surface area contributed by atoms with Gasteiger partial charge in [-0.2, -0.15) is 0 Å². The topological polar surface area (TPSA) is 139 Å². The lowest BCUT2D eigenvalue weighted by atomic mass is 9.87. The van der Waals surface area contributed by atoms with Crippen molar-refractivity contribution in [3.63, 3.8) is 0 Å². The van der Waals surface area contributed by atoms with Gasteiger partial charge in [0.15, 0.2) is 23.7 Å². The molecule has 13 heteroatoms. The van der Waals surface area contributed by atoms with Gasteiger partial charge >= 0.3 is 0 Å². The van der Waals surface area contributed by atoms with E-state index in [1.165, 1.54) is 6.08 Å². The number of ether oxygens (including phenoxy) is 11. The van der Waals surface area contributed by atoms with Gasteiger partial charge in [-0.05, 0) is 89.8 Å². The van der Waals surface area contributed by atoms with Gasteiger partial charge in [0.25, 0.3) is 0 Å². The van der Waals surface area contributed by atoms with Gasteiger partial charge in [0, 0.05) is 62.3 Å². The van der Waals surface area contributed by atoms with Crippen molar-refractivity contribution in [3.8, 4) is 11.5 Å². The smallest absolute Gasteiger partial charge is 0.184 e. The average molecular weight is 1000 g/mol. The van der Waals surface area contributed by atoms with E-state index in [4.69, 9.17) is 52.1 Å². The highest BCUT2D eigenvalue weighted by molar-refractivity contribution is 5.65. The Kier molecular flexibility index (Phi) is 21.3. The molecule has 13 atom stereocenters. The van der Waals surface area contributed by atoms with Crippen LogP contribution in [0, 0.1) is 17.8 Å². The first-order valence-corrected chi connectivity index (χ1v) is 26.3. The van der Waals surface area contributed by atoms with Crippen LogP contribution < -0.4 is 9.47 Å². The third-order valence-corrected chi connectivity index (χ3v) is 14.0. The van der Waals surface area contributed by atoms with Gasteiger partial charge in [-0.1, -0.05) is 94.5 Å². The number of aliphatic hydroxyl groups excluding tert-OH is 1. The molecule has 400 valence electrons. The standard InChI is InChI=1S/C59H86O13/c1-39(2)55(61)40(3)20-25-46-31-50(68-57(5,6)67-46)35-52-36-51(69-58(7,8)70-52)33-47(64-38-42-21-26-44(62-11)27-22-42)32-48-34-49(66-56(65-48)43-23-28-45(63-12)29-24-43)37-54-41(4)53(71-59(9,10)72-54)19-17-15-13-14-16-18-30-60/h13-18,20-30,39-41,46-56,61H,19,31-38H2,1-12H3/b14-13+,17-15+,18-16+,25-20+/t40-,41-,46-,47+,48+,49+,50-,51-,52-,53-,54+,55-,56+/m0/s1. The Morgan fingerprint density at radius 1 is 0.653 bits per heavy atom. The van der Waals surface area contributed by atoms with E-state index in [0.29, 0.717) is 58.0 Å². The maximum Gasteiger partial charge on any atom is 0.184 e. The largest absolute Gasteiger partial charge is 0.497 e. The van der Waals surface area contributed by atoms with Gasteiger partial charge in [-0.3, -0.25) is 4.79 Å². The molecule has 0 aliphatic carbocycles. The Bertz CT molecular complexity index is 2060. The lowest BCUT2D eigenvalue weighted by Crippen LogP contribution is -2.51. The number of hydrogen-bond acceptors (Lipinski definition) is 13. The summed E-state index contributed by atoms with van der Waals surface area (Å²) in [6, 6.07) is 15.9. The lowest BCUT2D eigenvalue weighted by Gasteiger charge is -2.47. The summed E-state index contributed by atoms with van der Waals surface area (Å²) in [5.74, 6) is -0.658. The summed E-state index contributed by atoms with van der Waals surface area (Å²) < 4.78 is 71.2. The molecule has 4 aliphatic heterocycles. The van der Waals surface area contributed by atoms with Crippen LogP contribution in [0.5, 0.6) is 11.5 Å². The van der Waals surface area contributed by atoms with Crippen molar-refractivity contribution >= 4 is 6.29 Å². The molecule has 0 aromatic heterocycles. The molecule has 0 unspecified atom stereocenters. The Morgan fingerprint density at radius 3 is 1.88 bits per heavy atom. The predicted octanol–water partition coefficient (Wildman–Crippen LogP) is 11.5. The summed E-state index contributed by atoms with van der Waals surface area (Å²) in [5, 5.41) is 10.7. The number of methoxy groups -OCH3 is 2. The van der Waals surface area contributed by atoms with E-state index in [1.807, 2.05) is 129 Å². The molecule has 0 saturated carbocycles. The van der Waals surface area contributed by atoms with E-state index in [1.54, 1.807) is 20.3 Å². The summed E-state index contributed by atoms with van der Waals surface area (Å²) >= 11 is 0. The van der Waals surface area contributed by atoms with Gasteiger partial charge in [0.1, 0.15) is 17.8 Å². The maximum absolute atomic E-state index is 10.7. The summed E-state index contributed by atoms with van der Waals surface area (Å²) in [6.45, 7) is 20.6. The molecule has 6 rings (SSSR count). The number of benzene rings is 2. The molecule has 1 N–H and O–H groups in total. The molecule has 0 radical (unpaired) electrons. The molecular formula is C59H86O13. The lowest BCUT2D eigenvalue weighted by molar-refractivity contribution is -0.328. The van der Waals surface area contributed by atoms with Gasteiger partial charge in [0.2, 0.25) is 0 Å². The normalized spacial score (nSPS) is 31.0. The third-order valence-electron chi connectivity index (χ3n) is 14.0. The number of allylic oxidation sites excluding steroid dienone is 5. The minimum atomic E-state index is -0.844.